The summed E-state index contributed by atoms with van der Waals surface area (Å²) in [6.45, 7) is 4.89. The molecule has 0 bridgehead atoms. The molecule has 5 rings (SSSR count). The second-order valence-corrected chi connectivity index (χ2v) is 9.09. The number of amides is 1. The Kier molecular flexibility index (Phi) is 5.77. The van der Waals surface area contributed by atoms with Crippen molar-refractivity contribution in [2.24, 2.45) is 0 Å². The van der Waals surface area contributed by atoms with E-state index in [4.69, 9.17) is 9.26 Å². The van der Waals surface area contributed by atoms with Crippen LogP contribution in [-0.2, 0) is 16.1 Å². The van der Waals surface area contributed by atoms with E-state index >= 15 is 0 Å². The summed E-state index contributed by atoms with van der Waals surface area (Å²) in [4.78, 5) is 35.7. The number of ether oxygens (including phenoxy) is 1. The predicted octanol–water partition coefficient (Wildman–Crippen LogP) is 3.09. The van der Waals surface area contributed by atoms with Gasteiger partial charge < -0.3 is 14.6 Å². The number of aromatic nitrogens is 4. The standard InChI is InChI=1S/C23H23N5O4S/c1-13-6-3-4-8-16(13)20-26-21(32-27-20)19-14(2)18-22(33-19)25-12-28(23(18)30)11-17(29)24-10-15-7-5-9-31-15/h3-4,6,8,12,15H,5,7,9-11H2,1-2H3,(H,24,29)/t15-/m1/s1. The maximum absolute atomic E-state index is 13.1. The lowest BCUT2D eigenvalue weighted by Crippen LogP contribution is -2.36. The molecule has 3 aromatic heterocycles. The van der Waals surface area contributed by atoms with Crippen LogP contribution in [-0.4, -0.2) is 44.9 Å². The van der Waals surface area contributed by atoms with Crippen molar-refractivity contribution in [3.05, 3.63) is 52.1 Å². The molecule has 1 saturated heterocycles. The van der Waals surface area contributed by atoms with E-state index in [1.807, 2.05) is 38.1 Å². The molecule has 0 radical (unpaired) electrons. The van der Waals surface area contributed by atoms with Crippen LogP contribution < -0.4 is 10.9 Å². The molecule has 33 heavy (non-hydrogen) atoms. The first-order valence-electron chi connectivity index (χ1n) is 10.8. The SMILES string of the molecule is Cc1ccccc1-c1noc(-c2sc3ncn(CC(=O)NC[C@H]4CCCO4)c(=O)c3c2C)n1. The number of nitrogens with one attached hydrogen (secondary N) is 1. The molecule has 10 heteroatoms. The zero-order valence-electron chi connectivity index (χ0n) is 18.3. The Labute approximate surface area is 193 Å². The van der Waals surface area contributed by atoms with Gasteiger partial charge in [-0.15, -0.1) is 11.3 Å². The normalized spacial score (nSPS) is 15.9. The predicted molar refractivity (Wildman–Crippen MR) is 124 cm³/mol. The fourth-order valence-corrected chi connectivity index (χ4v) is 5.03. The van der Waals surface area contributed by atoms with Gasteiger partial charge in [-0.25, -0.2) is 4.98 Å². The van der Waals surface area contributed by atoms with Gasteiger partial charge in [-0.2, -0.15) is 4.98 Å². The highest BCUT2D eigenvalue weighted by atomic mass is 32.1. The summed E-state index contributed by atoms with van der Waals surface area (Å²) in [7, 11) is 0. The van der Waals surface area contributed by atoms with Gasteiger partial charge in [-0.05, 0) is 37.8 Å². The Morgan fingerprint density at radius 2 is 2.15 bits per heavy atom. The largest absolute Gasteiger partial charge is 0.376 e. The van der Waals surface area contributed by atoms with Gasteiger partial charge in [0.05, 0.1) is 22.7 Å². The maximum atomic E-state index is 13.1. The molecule has 1 aliphatic heterocycles. The van der Waals surface area contributed by atoms with E-state index in [2.05, 4.69) is 20.4 Å². The first-order valence-corrected chi connectivity index (χ1v) is 11.6. The van der Waals surface area contributed by atoms with E-state index in [9.17, 15) is 9.59 Å². The van der Waals surface area contributed by atoms with Crippen molar-refractivity contribution < 1.29 is 14.1 Å². The quantitative estimate of drug-likeness (QED) is 0.466. The Morgan fingerprint density at radius 3 is 2.94 bits per heavy atom. The monoisotopic (exact) mass is 465 g/mol. The van der Waals surface area contributed by atoms with Crippen LogP contribution in [0.4, 0.5) is 0 Å². The number of fused-ring (bicyclic) bond motifs is 1. The molecule has 0 saturated carbocycles. The molecule has 1 N–H and O–H groups in total. The molecule has 1 aromatic carbocycles. The van der Waals surface area contributed by atoms with Gasteiger partial charge in [-0.1, -0.05) is 29.4 Å². The van der Waals surface area contributed by atoms with Gasteiger partial charge >= 0.3 is 0 Å². The van der Waals surface area contributed by atoms with Crippen molar-refractivity contribution in [2.75, 3.05) is 13.2 Å². The van der Waals surface area contributed by atoms with E-state index in [1.165, 1.54) is 22.2 Å². The molecule has 1 aliphatic rings. The molecule has 4 heterocycles. The van der Waals surface area contributed by atoms with Gasteiger partial charge in [0.25, 0.3) is 11.4 Å². The molecule has 1 atom stereocenters. The minimum absolute atomic E-state index is 0.0481. The van der Waals surface area contributed by atoms with Crippen molar-refractivity contribution in [2.45, 2.75) is 39.3 Å². The number of thiophene rings is 1. The Balaban J connectivity index is 1.40. The number of rotatable bonds is 6. The van der Waals surface area contributed by atoms with E-state index in [0.29, 0.717) is 38.9 Å². The van der Waals surface area contributed by atoms with Crippen LogP contribution in [0.25, 0.3) is 32.4 Å². The number of nitrogens with zero attached hydrogens (tertiary/aromatic N) is 4. The van der Waals surface area contributed by atoms with Crippen LogP contribution in [0.1, 0.15) is 24.0 Å². The van der Waals surface area contributed by atoms with E-state index in [0.717, 1.165) is 30.6 Å². The minimum Gasteiger partial charge on any atom is -0.376 e. The second kappa shape index (κ2) is 8.87. The average molecular weight is 466 g/mol. The smallest absolute Gasteiger partial charge is 0.268 e. The Hall–Kier alpha value is -3.37. The van der Waals surface area contributed by atoms with E-state index < -0.39 is 0 Å². The van der Waals surface area contributed by atoms with Gasteiger partial charge in [-0.3, -0.25) is 14.2 Å². The van der Waals surface area contributed by atoms with E-state index in [1.54, 1.807) is 0 Å². The van der Waals surface area contributed by atoms with Crippen LogP contribution in [0.5, 0.6) is 0 Å². The molecule has 1 amide bonds. The van der Waals surface area contributed by atoms with Gasteiger partial charge in [0.15, 0.2) is 0 Å². The van der Waals surface area contributed by atoms with Crippen LogP contribution in [0, 0.1) is 13.8 Å². The Morgan fingerprint density at radius 1 is 1.30 bits per heavy atom. The number of benzene rings is 1. The van der Waals surface area contributed by atoms with Crippen molar-refractivity contribution >= 4 is 27.5 Å². The molecule has 0 aliphatic carbocycles. The van der Waals surface area contributed by atoms with Crippen LogP contribution in [0.3, 0.4) is 0 Å². The Bertz CT molecular complexity index is 1380. The average Bonchev–Trinajstić information content (AvgIpc) is 3.55. The molecule has 0 spiro atoms. The molecule has 4 aromatic rings. The van der Waals surface area contributed by atoms with Crippen LogP contribution >= 0.6 is 11.3 Å². The number of carbonyl (C=O) groups is 1. The zero-order valence-corrected chi connectivity index (χ0v) is 19.1. The molecular formula is C23H23N5O4S. The third-order valence-electron chi connectivity index (χ3n) is 5.79. The fraction of sp³-hybridized carbons (Fsp3) is 0.348. The summed E-state index contributed by atoms with van der Waals surface area (Å²) in [5, 5.41) is 7.41. The summed E-state index contributed by atoms with van der Waals surface area (Å²) in [6, 6.07) is 7.80. The third-order valence-corrected chi connectivity index (χ3v) is 6.98. The van der Waals surface area contributed by atoms with Crippen molar-refractivity contribution in [3.8, 4) is 22.2 Å². The summed E-state index contributed by atoms with van der Waals surface area (Å²) in [6.07, 6.45) is 3.40. The lowest BCUT2D eigenvalue weighted by Gasteiger charge is -2.11. The second-order valence-electron chi connectivity index (χ2n) is 8.09. The molecule has 1 fully saturated rings. The molecule has 9 nitrogen and oxygen atoms in total. The highest BCUT2D eigenvalue weighted by Gasteiger charge is 2.22. The zero-order chi connectivity index (χ0) is 22.9. The summed E-state index contributed by atoms with van der Waals surface area (Å²) >= 11 is 1.32. The summed E-state index contributed by atoms with van der Waals surface area (Å²) in [5.74, 6) is 0.587. The molecular weight excluding hydrogens is 442 g/mol. The highest BCUT2D eigenvalue weighted by Crippen LogP contribution is 2.35. The number of hydrogen-bond donors (Lipinski definition) is 1. The van der Waals surface area contributed by atoms with Crippen molar-refractivity contribution in [1.29, 1.82) is 0 Å². The minimum atomic E-state index is -0.272. The van der Waals surface area contributed by atoms with Crippen molar-refractivity contribution in [1.82, 2.24) is 25.0 Å². The number of carbonyl (C=O) groups excluding carboxylic acids is 1. The fourth-order valence-electron chi connectivity index (χ4n) is 3.97. The summed E-state index contributed by atoms with van der Waals surface area (Å²) in [5.41, 5.74) is 2.37. The number of hydrogen-bond acceptors (Lipinski definition) is 8. The lowest BCUT2D eigenvalue weighted by atomic mass is 10.1. The van der Waals surface area contributed by atoms with Crippen LogP contribution in [0.2, 0.25) is 0 Å². The molecule has 170 valence electrons. The van der Waals surface area contributed by atoms with Crippen molar-refractivity contribution in [3.63, 3.8) is 0 Å². The number of aryl methyl sites for hydroxylation is 2. The highest BCUT2D eigenvalue weighted by molar-refractivity contribution is 7.22. The van der Waals surface area contributed by atoms with Gasteiger partial charge in [0.1, 0.15) is 11.4 Å². The topological polar surface area (TPSA) is 112 Å². The van der Waals surface area contributed by atoms with Gasteiger partial charge in [0, 0.05) is 18.7 Å². The lowest BCUT2D eigenvalue weighted by molar-refractivity contribution is -0.122. The molecule has 0 unspecified atom stereocenters. The maximum Gasteiger partial charge on any atom is 0.268 e. The summed E-state index contributed by atoms with van der Waals surface area (Å²) < 4.78 is 12.4. The third kappa shape index (κ3) is 4.19. The van der Waals surface area contributed by atoms with Crippen LogP contribution in [0.15, 0.2) is 39.9 Å². The van der Waals surface area contributed by atoms with Gasteiger partial charge in [0.2, 0.25) is 11.7 Å². The first-order chi connectivity index (χ1) is 16.0. The first kappa shape index (κ1) is 21.5. The van der Waals surface area contributed by atoms with E-state index in [-0.39, 0.29) is 24.1 Å².